The van der Waals surface area contributed by atoms with E-state index in [9.17, 15) is 4.79 Å². The maximum Gasteiger partial charge on any atom is 0.255 e. The summed E-state index contributed by atoms with van der Waals surface area (Å²) in [5, 5.41) is 13.8. The van der Waals surface area contributed by atoms with E-state index in [1.165, 1.54) is 12.4 Å². The van der Waals surface area contributed by atoms with Crippen LogP contribution in [0.15, 0.2) is 30.9 Å². The normalized spacial score (nSPS) is 10.1. The zero-order valence-electron chi connectivity index (χ0n) is 8.79. The van der Waals surface area contributed by atoms with Crippen LogP contribution in [0.1, 0.15) is 15.9 Å². The molecule has 0 aliphatic rings. The summed E-state index contributed by atoms with van der Waals surface area (Å²) in [5.74, 6) is -0.0869. The molecule has 6 nitrogen and oxygen atoms in total. The van der Waals surface area contributed by atoms with Gasteiger partial charge in [0.15, 0.2) is 0 Å². The number of amides is 1. The van der Waals surface area contributed by atoms with Gasteiger partial charge in [-0.15, -0.1) is 0 Å². The van der Waals surface area contributed by atoms with Gasteiger partial charge in [-0.2, -0.15) is 15.3 Å². The molecule has 0 aromatic carbocycles. The minimum atomic E-state index is -0.0869. The van der Waals surface area contributed by atoms with Crippen LogP contribution >= 0.6 is 0 Å². The van der Waals surface area contributed by atoms with Crippen molar-refractivity contribution in [3.63, 3.8) is 0 Å². The number of carbonyl (C=O) groups is 1. The van der Waals surface area contributed by atoms with Crippen molar-refractivity contribution in [2.75, 3.05) is 7.05 Å². The Morgan fingerprint density at radius 2 is 2.31 bits per heavy atom. The fourth-order valence-corrected chi connectivity index (χ4v) is 1.35. The molecule has 1 amide bonds. The van der Waals surface area contributed by atoms with Gasteiger partial charge in [-0.3, -0.25) is 9.89 Å². The average Bonchev–Trinajstić information content (AvgIpc) is 2.82. The van der Waals surface area contributed by atoms with Gasteiger partial charge in [0.2, 0.25) is 0 Å². The van der Waals surface area contributed by atoms with Crippen molar-refractivity contribution in [3.05, 3.63) is 42.0 Å². The van der Waals surface area contributed by atoms with E-state index in [4.69, 9.17) is 0 Å². The van der Waals surface area contributed by atoms with E-state index in [1.807, 2.05) is 0 Å². The van der Waals surface area contributed by atoms with Crippen LogP contribution in [0.2, 0.25) is 0 Å². The number of aromatic amines is 1. The van der Waals surface area contributed by atoms with Crippen molar-refractivity contribution in [1.29, 1.82) is 0 Å². The molecule has 2 aromatic rings. The van der Waals surface area contributed by atoms with Gasteiger partial charge in [0.25, 0.3) is 5.91 Å². The molecule has 0 saturated carbocycles. The van der Waals surface area contributed by atoms with Gasteiger partial charge in [-0.05, 0) is 6.07 Å². The zero-order chi connectivity index (χ0) is 11.4. The monoisotopic (exact) mass is 217 g/mol. The van der Waals surface area contributed by atoms with Crippen molar-refractivity contribution < 1.29 is 4.79 Å². The predicted octanol–water partition coefficient (Wildman–Crippen LogP) is 0.472. The molecule has 2 aromatic heterocycles. The molecule has 0 radical (unpaired) electrons. The predicted molar refractivity (Wildman–Crippen MR) is 56.4 cm³/mol. The Balaban J connectivity index is 2.05. The number of hydrogen-bond donors (Lipinski definition) is 1. The lowest BCUT2D eigenvalue weighted by Crippen LogP contribution is -2.26. The first-order valence-electron chi connectivity index (χ1n) is 4.77. The number of aromatic nitrogens is 4. The molecule has 16 heavy (non-hydrogen) atoms. The summed E-state index contributed by atoms with van der Waals surface area (Å²) >= 11 is 0. The summed E-state index contributed by atoms with van der Waals surface area (Å²) in [6, 6.07) is 1.64. The molecule has 0 fully saturated rings. The third-order valence-electron chi connectivity index (χ3n) is 2.15. The third kappa shape index (κ3) is 2.22. The molecule has 2 heterocycles. The van der Waals surface area contributed by atoms with Crippen molar-refractivity contribution >= 4 is 5.91 Å². The molecule has 6 heteroatoms. The van der Waals surface area contributed by atoms with Crippen LogP contribution in [-0.2, 0) is 6.54 Å². The zero-order valence-corrected chi connectivity index (χ0v) is 8.79. The molecule has 1 N–H and O–H groups in total. The largest absolute Gasteiger partial charge is 0.337 e. The highest BCUT2D eigenvalue weighted by atomic mass is 16.2. The molecule has 0 aliphatic carbocycles. The van der Waals surface area contributed by atoms with Crippen LogP contribution in [0.3, 0.4) is 0 Å². The summed E-state index contributed by atoms with van der Waals surface area (Å²) in [6.45, 7) is 0.512. The highest BCUT2D eigenvalue weighted by Gasteiger charge is 2.12. The highest BCUT2D eigenvalue weighted by molar-refractivity contribution is 5.93. The lowest BCUT2D eigenvalue weighted by molar-refractivity contribution is 0.0784. The smallest absolute Gasteiger partial charge is 0.255 e. The second-order valence-corrected chi connectivity index (χ2v) is 3.40. The molecule has 82 valence electrons. The van der Waals surface area contributed by atoms with Crippen LogP contribution in [0, 0.1) is 0 Å². The van der Waals surface area contributed by atoms with Crippen molar-refractivity contribution in [2.24, 2.45) is 0 Å². The van der Waals surface area contributed by atoms with E-state index in [0.29, 0.717) is 12.1 Å². The molecule has 0 atom stereocenters. The van der Waals surface area contributed by atoms with Gasteiger partial charge in [0.05, 0.1) is 24.2 Å². The third-order valence-corrected chi connectivity index (χ3v) is 2.15. The Morgan fingerprint density at radius 3 is 2.94 bits per heavy atom. The lowest BCUT2D eigenvalue weighted by Gasteiger charge is -2.15. The second kappa shape index (κ2) is 4.52. The second-order valence-electron chi connectivity index (χ2n) is 3.40. The fraction of sp³-hybridized carbons (Fsp3) is 0.200. The Hall–Kier alpha value is -2.24. The first-order chi connectivity index (χ1) is 7.77. The molecule has 0 saturated heterocycles. The summed E-state index contributed by atoms with van der Waals surface area (Å²) < 4.78 is 0. The Kier molecular flexibility index (Phi) is 2.90. The highest BCUT2D eigenvalue weighted by Crippen LogP contribution is 2.05. The minimum absolute atomic E-state index is 0.0869. The molecule has 0 aliphatic heterocycles. The van der Waals surface area contributed by atoms with Gasteiger partial charge >= 0.3 is 0 Å². The number of nitrogens with one attached hydrogen (secondary N) is 1. The first kappa shape index (κ1) is 10.3. The van der Waals surface area contributed by atoms with Crippen molar-refractivity contribution in [1.82, 2.24) is 25.3 Å². The average molecular weight is 217 g/mol. The van der Waals surface area contributed by atoms with Gasteiger partial charge in [0, 0.05) is 25.4 Å². The van der Waals surface area contributed by atoms with E-state index < -0.39 is 0 Å². The van der Waals surface area contributed by atoms with Crippen molar-refractivity contribution in [3.8, 4) is 0 Å². The SMILES string of the molecule is CN(Cc1cn[nH]c1)C(=O)c1ccnnc1. The molecule has 0 spiro atoms. The maximum atomic E-state index is 11.9. The van der Waals surface area contributed by atoms with Gasteiger partial charge < -0.3 is 4.90 Å². The van der Waals surface area contributed by atoms with Crippen LogP contribution in [0.25, 0.3) is 0 Å². The van der Waals surface area contributed by atoms with E-state index >= 15 is 0 Å². The van der Waals surface area contributed by atoms with Crippen LogP contribution in [0.4, 0.5) is 0 Å². The molecule has 0 bridgehead atoms. The standard InChI is InChI=1S/C10H11N5O/c1-15(7-8-4-12-13-5-8)10(16)9-2-3-11-14-6-9/h2-6H,7H2,1H3,(H,12,13). The Labute approximate surface area is 92.3 Å². The van der Waals surface area contributed by atoms with Crippen LogP contribution < -0.4 is 0 Å². The van der Waals surface area contributed by atoms with Crippen LogP contribution in [-0.4, -0.2) is 38.2 Å². The summed E-state index contributed by atoms with van der Waals surface area (Å²) in [4.78, 5) is 13.5. The number of carbonyl (C=O) groups excluding carboxylic acids is 1. The summed E-state index contributed by atoms with van der Waals surface area (Å²) in [5.41, 5.74) is 1.49. The number of H-pyrrole nitrogens is 1. The molecule has 0 unspecified atom stereocenters. The number of hydrogen-bond acceptors (Lipinski definition) is 4. The van der Waals surface area contributed by atoms with Gasteiger partial charge in [-0.25, -0.2) is 0 Å². The van der Waals surface area contributed by atoms with E-state index in [0.717, 1.165) is 5.56 Å². The summed E-state index contributed by atoms with van der Waals surface area (Å²) in [7, 11) is 1.73. The lowest BCUT2D eigenvalue weighted by atomic mass is 10.2. The molecule has 2 rings (SSSR count). The van der Waals surface area contributed by atoms with Gasteiger partial charge in [-0.1, -0.05) is 0 Å². The van der Waals surface area contributed by atoms with E-state index in [-0.39, 0.29) is 5.91 Å². The quantitative estimate of drug-likeness (QED) is 0.811. The van der Waals surface area contributed by atoms with E-state index in [1.54, 1.807) is 30.4 Å². The fourth-order valence-electron chi connectivity index (χ4n) is 1.35. The van der Waals surface area contributed by atoms with Crippen molar-refractivity contribution in [2.45, 2.75) is 6.54 Å². The topological polar surface area (TPSA) is 74.8 Å². The molecular formula is C10H11N5O. The maximum absolute atomic E-state index is 11.9. The Morgan fingerprint density at radius 1 is 1.44 bits per heavy atom. The van der Waals surface area contributed by atoms with Crippen LogP contribution in [0.5, 0.6) is 0 Å². The number of rotatable bonds is 3. The number of nitrogens with zero attached hydrogens (tertiary/aromatic N) is 4. The van der Waals surface area contributed by atoms with Gasteiger partial charge in [0.1, 0.15) is 0 Å². The minimum Gasteiger partial charge on any atom is -0.337 e. The van der Waals surface area contributed by atoms with E-state index in [2.05, 4.69) is 20.4 Å². The summed E-state index contributed by atoms with van der Waals surface area (Å²) in [6.07, 6.45) is 6.40. The Bertz CT molecular complexity index is 453. The first-order valence-corrected chi connectivity index (χ1v) is 4.77. The molecular weight excluding hydrogens is 206 g/mol.